The van der Waals surface area contributed by atoms with E-state index in [0.717, 1.165) is 5.56 Å². The Kier molecular flexibility index (Phi) is 5.72. The summed E-state index contributed by atoms with van der Waals surface area (Å²) >= 11 is 6.02. The number of rotatable bonds is 5. The second kappa shape index (κ2) is 7.75. The highest BCUT2D eigenvalue weighted by Gasteiger charge is 2.28. The van der Waals surface area contributed by atoms with E-state index in [1.54, 1.807) is 36.4 Å². The topological polar surface area (TPSA) is 50.1 Å². The Morgan fingerprint density at radius 3 is 2.57 bits per heavy atom. The molecule has 0 bridgehead atoms. The molecule has 118 valence electrons. The molecule has 0 saturated carbocycles. The van der Waals surface area contributed by atoms with Gasteiger partial charge in [0.15, 0.2) is 0 Å². The van der Waals surface area contributed by atoms with Crippen LogP contribution >= 0.6 is 11.6 Å². The van der Waals surface area contributed by atoms with Gasteiger partial charge in [-0.15, -0.1) is 0 Å². The van der Waals surface area contributed by atoms with Crippen LogP contribution in [-0.2, 0) is 9.53 Å². The molecule has 0 radical (unpaired) electrons. The van der Waals surface area contributed by atoms with Gasteiger partial charge in [0, 0.05) is 10.9 Å². The van der Waals surface area contributed by atoms with Crippen LogP contribution in [0.4, 0.5) is 4.39 Å². The van der Waals surface area contributed by atoms with Crippen LogP contribution in [0.1, 0.15) is 29.4 Å². The van der Waals surface area contributed by atoms with E-state index in [9.17, 15) is 14.4 Å². The normalized spacial score (nSPS) is 13.0. The van der Waals surface area contributed by atoms with Crippen molar-refractivity contribution < 1.29 is 13.9 Å². The summed E-state index contributed by atoms with van der Waals surface area (Å²) in [6, 6.07) is 15.0. The molecule has 0 unspecified atom stereocenters. The summed E-state index contributed by atoms with van der Waals surface area (Å²) in [5, 5.41) is 10.1. The third-order valence-corrected chi connectivity index (χ3v) is 3.88. The zero-order chi connectivity index (χ0) is 16.8. The fraction of sp³-hybridized carbons (Fsp3) is 0.222. The predicted molar refractivity (Wildman–Crippen MR) is 85.6 cm³/mol. The lowest BCUT2D eigenvalue weighted by Gasteiger charge is -2.22. The maximum absolute atomic E-state index is 13.5. The summed E-state index contributed by atoms with van der Waals surface area (Å²) in [6.45, 7) is 0. The number of benzene rings is 2. The van der Waals surface area contributed by atoms with Gasteiger partial charge >= 0.3 is 5.97 Å². The SMILES string of the molecule is COC(=O)C[C@@H](c1cccc(Cl)c1)[C@@H](C#N)c1cccc(F)c1. The molecule has 0 amide bonds. The largest absolute Gasteiger partial charge is 0.469 e. The van der Waals surface area contributed by atoms with Crippen molar-refractivity contribution in [2.24, 2.45) is 0 Å². The van der Waals surface area contributed by atoms with Gasteiger partial charge in [-0.3, -0.25) is 4.79 Å². The number of ether oxygens (including phenoxy) is 1. The number of carbonyl (C=O) groups excluding carboxylic acids is 1. The van der Waals surface area contributed by atoms with E-state index in [0.29, 0.717) is 10.6 Å². The molecule has 0 aliphatic rings. The van der Waals surface area contributed by atoms with E-state index in [2.05, 4.69) is 6.07 Å². The predicted octanol–water partition coefficient (Wildman–Crippen LogP) is 4.43. The van der Waals surface area contributed by atoms with Gasteiger partial charge < -0.3 is 4.74 Å². The first kappa shape index (κ1) is 17.0. The van der Waals surface area contributed by atoms with Crippen molar-refractivity contribution in [3.05, 3.63) is 70.5 Å². The Morgan fingerprint density at radius 2 is 1.96 bits per heavy atom. The summed E-state index contributed by atoms with van der Waals surface area (Å²) in [4.78, 5) is 11.8. The lowest BCUT2D eigenvalue weighted by molar-refractivity contribution is -0.141. The van der Waals surface area contributed by atoms with E-state index in [4.69, 9.17) is 16.3 Å². The molecule has 5 heteroatoms. The Morgan fingerprint density at radius 1 is 1.26 bits per heavy atom. The maximum Gasteiger partial charge on any atom is 0.306 e. The Bertz CT molecular complexity index is 742. The molecule has 0 spiro atoms. The van der Waals surface area contributed by atoms with Crippen molar-refractivity contribution in [1.29, 1.82) is 5.26 Å². The molecule has 0 heterocycles. The van der Waals surface area contributed by atoms with Crippen molar-refractivity contribution in [3.63, 3.8) is 0 Å². The van der Waals surface area contributed by atoms with Crippen molar-refractivity contribution in [2.45, 2.75) is 18.3 Å². The quantitative estimate of drug-likeness (QED) is 0.761. The minimum Gasteiger partial charge on any atom is -0.469 e. The molecular weight excluding hydrogens is 317 g/mol. The molecule has 2 aromatic carbocycles. The molecule has 0 aromatic heterocycles. The monoisotopic (exact) mass is 331 g/mol. The molecule has 0 N–H and O–H groups in total. The fourth-order valence-corrected chi connectivity index (χ4v) is 2.72. The van der Waals surface area contributed by atoms with Crippen LogP contribution in [0.3, 0.4) is 0 Å². The van der Waals surface area contributed by atoms with E-state index >= 15 is 0 Å². The zero-order valence-electron chi connectivity index (χ0n) is 12.5. The molecule has 0 aliphatic carbocycles. The van der Waals surface area contributed by atoms with Crippen LogP contribution in [0.2, 0.25) is 5.02 Å². The number of carbonyl (C=O) groups is 1. The van der Waals surface area contributed by atoms with Crippen LogP contribution in [0.25, 0.3) is 0 Å². The van der Waals surface area contributed by atoms with Gasteiger partial charge in [0.25, 0.3) is 0 Å². The molecule has 0 saturated heterocycles. The number of esters is 1. The number of methoxy groups -OCH3 is 1. The number of halogens is 2. The zero-order valence-corrected chi connectivity index (χ0v) is 13.3. The van der Waals surface area contributed by atoms with Crippen molar-refractivity contribution >= 4 is 17.6 Å². The second-order valence-corrected chi connectivity index (χ2v) is 5.54. The summed E-state index contributed by atoms with van der Waals surface area (Å²) in [7, 11) is 1.29. The van der Waals surface area contributed by atoms with Crippen molar-refractivity contribution in [1.82, 2.24) is 0 Å². The number of hydrogen-bond donors (Lipinski definition) is 0. The highest BCUT2D eigenvalue weighted by molar-refractivity contribution is 6.30. The number of nitriles is 1. The van der Waals surface area contributed by atoms with Crippen LogP contribution < -0.4 is 0 Å². The maximum atomic E-state index is 13.5. The van der Waals surface area contributed by atoms with Crippen molar-refractivity contribution in [2.75, 3.05) is 7.11 Å². The van der Waals surface area contributed by atoms with E-state index < -0.39 is 23.6 Å². The average Bonchev–Trinajstić information content (AvgIpc) is 2.54. The first-order chi connectivity index (χ1) is 11.0. The minimum absolute atomic E-state index is 0.00554. The van der Waals surface area contributed by atoms with Gasteiger partial charge in [0.05, 0.1) is 25.5 Å². The summed E-state index contributed by atoms with van der Waals surface area (Å²) in [5.41, 5.74) is 1.25. The van der Waals surface area contributed by atoms with E-state index in [1.165, 1.54) is 19.2 Å². The van der Waals surface area contributed by atoms with Gasteiger partial charge in [-0.05, 0) is 35.4 Å². The van der Waals surface area contributed by atoms with Gasteiger partial charge in [0.1, 0.15) is 5.82 Å². The van der Waals surface area contributed by atoms with E-state index in [1.807, 2.05) is 0 Å². The third kappa shape index (κ3) is 4.30. The molecule has 2 rings (SSSR count). The highest BCUT2D eigenvalue weighted by atomic mass is 35.5. The first-order valence-electron chi connectivity index (χ1n) is 7.02. The molecule has 2 atom stereocenters. The van der Waals surface area contributed by atoms with Gasteiger partial charge in [-0.1, -0.05) is 35.9 Å². The van der Waals surface area contributed by atoms with E-state index in [-0.39, 0.29) is 6.42 Å². The molecule has 23 heavy (non-hydrogen) atoms. The second-order valence-electron chi connectivity index (χ2n) is 5.10. The highest BCUT2D eigenvalue weighted by Crippen LogP contribution is 2.36. The third-order valence-electron chi connectivity index (χ3n) is 3.64. The van der Waals surface area contributed by atoms with Crippen molar-refractivity contribution in [3.8, 4) is 6.07 Å². The first-order valence-corrected chi connectivity index (χ1v) is 7.40. The lowest BCUT2D eigenvalue weighted by Crippen LogP contribution is -2.16. The Hall–Kier alpha value is -2.38. The molecule has 3 nitrogen and oxygen atoms in total. The Labute approximate surface area is 139 Å². The number of nitrogens with zero attached hydrogens (tertiary/aromatic N) is 1. The summed E-state index contributed by atoms with van der Waals surface area (Å²) in [5.74, 6) is -2.03. The lowest BCUT2D eigenvalue weighted by atomic mass is 9.80. The molecule has 2 aromatic rings. The molecule has 0 fully saturated rings. The average molecular weight is 332 g/mol. The smallest absolute Gasteiger partial charge is 0.306 e. The van der Waals surface area contributed by atoms with Crippen LogP contribution in [0.15, 0.2) is 48.5 Å². The van der Waals surface area contributed by atoms with Gasteiger partial charge in [-0.2, -0.15) is 5.26 Å². The summed E-state index contributed by atoms with van der Waals surface area (Å²) < 4.78 is 18.2. The Balaban J connectivity index is 2.46. The number of hydrogen-bond acceptors (Lipinski definition) is 3. The van der Waals surface area contributed by atoms with Crippen LogP contribution in [0, 0.1) is 17.1 Å². The molecular formula is C18H15ClFNO2. The molecule has 0 aliphatic heterocycles. The van der Waals surface area contributed by atoms with Crippen LogP contribution in [0.5, 0.6) is 0 Å². The van der Waals surface area contributed by atoms with Gasteiger partial charge in [0.2, 0.25) is 0 Å². The minimum atomic E-state index is -0.691. The standard InChI is InChI=1S/C18H15ClFNO2/c1-23-18(22)10-16(12-4-2-6-14(19)8-12)17(11-21)13-5-3-7-15(20)9-13/h2-9,16-17H,10H2,1H3/t16-,17-/m0/s1. The van der Waals surface area contributed by atoms with Crippen LogP contribution in [-0.4, -0.2) is 13.1 Å². The summed E-state index contributed by atoms with van der Waals surface area (Å²) in [6.07, 6.45) is 0.00554. The van der Waals surface area contributed by atoms with Gasteiger partial charge in [-0.25, -0.2) is 4.39 Å². The fourth-order valence-electron chi connectivity index (χ4n) is 2.53.